The number of fused-ring (bicyclic) bond motifs is 1. The van der Waals surface area contributed by atoms with Gasteiger partial charge in [-0.1, -0.05) is 30.3 Å². The van der Waals surface area contributed by atoms with Gasteiger partial charge in [0.05, 0.1) is 35.2 Å². The summed E-state index contributed by atoms with van der Waals surface area (Å²) in [5, 5.41) is 11.9. The number of ether oxygens (including phenoxy) is 1. The molecule has 1 saturated heterocycles. The van der Waals surface area contributed by atoms with Crippen LogP contribution < -0.4 is 15.4 Å². The molecule has 34 heavy (non-hydrogen) atoms. The quantitative estimate of drug-likeness (QED) is 0.336. The topological polar surface area (TPSA) is 129 Å². The fraction of sp³-hybridized carbons (Fsp3) is 0.304. The number of thiophene rings is 1. The van der Waals surface area contributed by atoms with Gasteiger partial charge in [0.2, 0.25) is 15.9 Å². The van der Waals surface area contributed by atoms with E-state index < -0.39 is 22.0 Å². The highest BCUT2D eigenvalue weighted by atomic mass is 32.2. The Kier molecular flexibility index (Phi) is 7.17. The number of carbonyl (C=O) groups excluding carboxylic acids is 1. The number of amides is 1. The fourth-order valence-electron chi connectivity index (χ4n) is 3.88. The molecule has 2 heterocycles. The van der Waals surface area contributed by atoms with Crippen LogP contribution in [-0.4, -0.2) is 63.6 Å². The van der Waals surface area contributed by atoms with E-state index in [-0.39, 0.29) is 23.5 Å². The lowest BCUT2D eigenvalue weighted by Gasteiger charge is -2.36. The van der Waals surface area contributed by atoms with Crippen LogP contribution >= 0.6 is 11.3 Å². The van der Waals surface area contributed by atoms with Crippen molar-refractivity contribution in [1.29, 1.82) is 5.41 Å². The van der Waals surface area contributed by atoms with Crippen molar-refractivity contribution in [1.82, 2.24) is 9.62 Å². The fourth-order valence-corrected chi connectivity index (χ4v) is 5.86. The number of rotatable bonds is 7. The molecule has 0 saturated carbocycles. The first-order chi connectivity index (χ1) is 16.2. The van der Waals surface area contributed by atoms with Gasteiger partial charge in [0.1, 0.15) is 0 Å². The third kappa shape index (κ3) is 5.39. The number of nitrogens with zero attached hydrogens (tertiary/aromatic N) is 2. The van der Waals surface area contributed by atoms with Crippen LogP contribution in [0.2, 0.25) is 0 Å². The molecule has 4 N–H and O–H groups in total. The first-order valence-corrected chi connectivity index (χ1v) is 13.2. The SMILES string of the molecule is C[C@@H](NS(=O)(=O)c1ccc2ccccc2c1)C(=O)N(CC1CN(C(=N)N)CCO1)c1cccs1. The number of hydrogen-bond acceptors (Lipinski definition) is 6. The smallest absolute Gasteiger partial charge is 0.245 e. The molecule has 3 aromatic rings. The summed E-state index contributed by atoms with van der Waals surface area (Å²) < 4.78 is 34.4. The van der Waals surface area contributed by atoms with Gasteiger partial charge >= 0.3 is 0 Å². The van der Waals surface area contributed by atoms with E-state index in [9.17, 15) is 13.2 Å². The second-order valence-corrected chi connectivity index (χ2v) is 10.7. The maximum absolute atomic E-state index is 13.4. The Morgan fingerprint density at radius 2 is 2.03 bits per heavy atom. The number of sulfonamides is 1. The van der Waals surface area contributed by atoms with Crippen LogP contribution in [0.1, 0.15) is 6.92 Å². The molecule has 1 aliphatic rings. The minimum atomic E-state index is -3.93. The lowest BCUT2D eigenvalue weighted by Crippen LogP contribution is -2.54. The van der Waals surface area contributed by atoms with E-state index in [1.807, 2.05) is 35.7 Å². The highest BCUT2D eigenvalue weighted by Gasteiger charge is 2.31. The van der Waals surface area contributed by atoms with Gasteiger partial charge in [-0.2, -0.15) is 4.72 Å². The molecule has 9 nitrogen and oxygen atoms in total. The molecule has 1 aliphatic heterocycles. The Labute approximate surface area is 202 Å². The molecule has 1 aromatic heterocycles. The first-order valence-electron chi connectivity index (χ1n) is 10.8. The van der Waals surface area contributed by atoms with E-state index in [1.54, 1.807) is 23.1 Å². The van der Waals surface area contributed by atoms with Crippen LogP contribution in [0.5, 0.6) is 0 Å². The summed E-state index contributed by atoms with van der Waals surface area (Å²) in [7, 11) is -3.93. The maximum atomic E-state index is 13.4. The Morgan fingerprint density at radius 1 is 1.26 bits per heavy atom. The minimum Gasteiger partial charge on any atom is -0.373 e. The zero-order valence-electron chi connectivity index (χ0n) is 18.7. The maximum Gasteiger partial charge on any atom is 0.245 e. The van der Waals surface area contributed by atoms with Crippen LogP contribution in [0.4, 0.5) is 5.00 Å². The van der Waals surface area contributed by atoms with Crippen molar-refractivity contribution < 1.29 is 17.9 Å². The van der Waals surface area contributed by atoms with E-state index in [1.165, 1.54) is 29.2 Å². The van der Waals surface area contributed by atoms with Crippen molar-refractivity contribution in [2.24, 2.45) is 5.73 Å². The Hall–Kier alpha value is -2.99. The van der Waals surface area contributed by atoms with Crippen molar-refractivity contribution in [3.63, 3.8) is 0 Å². The average molecular weight is 502 g/mol. The van der Waals surface area contributed by atoms with E-state index in [4.69, 9.17) is 15.9 Å². The molecule has 11 heteroatoms. The normalized spacial score (nSPS) is 17.4. The Bertz CT molecular complexity index is 1280. The summed E-state index contributed by atoms with van der Waals surface area (Å²) in [5.41, 5.74) is 5.62. The van der Waals surface area contributed by atoms with Crippen molar-refractivity contribution in [2.75, 3.05) is 31.1 Å². The summed E-state index contributed by atoms with van der Waals surface area (Å²) in [6.45, 7) is 3.03. The molecule has 1 fully saturated rings. The lowest BCUT2D eigenvalue weighted by atomic mass is 10.1. The van der Waals surface area contributed by atoms with Gasteiger partial charge < -0.3 is 15.4 Å². The highest BCUT2D eigenvalue weighted by molar-refractivity contribution is 7.89. The van der Waals surface area contributed by atoms with Gasteiger partial charge in [0, 0.05) is 13.1 Å². The van der Waals surface area contributed by atoms with E-state index in [0.717, 1.165) is 10.8 Å². The van der Waals surface area contributed by atoms with Gasteiger partial charge in [-0.3, -0.25) is 15.1 Å². The molecule has 0 bridgehead atoms. The third-order valence-electron chi connectivity index (χ3n) is 5.64. The molecule has 1 unspecified atom stereocenters. The minimum absolute atomic E-state index is 0.0428. The summed E-state index contributed by atoms with van der Waals surface area (Å²) in [6, 6.07) is 15.0. The summed E-state index contributed by atoms with van der Waals surface area (Å²) in [5.74, 6) is -0.436. The molecule has 4 rings (SSSR count). The van der Waals surface area contributed by atoms with Crippen LogP contribution in [0.3, 0.4) is 0 Å². The number of guanidine groups is 1. The number of carbonyl (C=O) groups is 1. The number of nitrogens with one attached hydrogen (secondary N) is 2. The van der Waals surface area contributed by atoms with Gasteiger partial charge in [0.15, 0.2) is 5.96 Å². The second kappa shape index (κ2) is 10.1. The van der Waals surface area contributed by atoms with Crippen LogP contribution in [0.25, 0.3) is 10.8 Å². The molecular weight excluding hydrogens is 474 g/mol. The van der Waals surface area contributed by atoms with Crippen molar-refractivity contribution in [3.05, 3.63) is 60.0 Å². The van der Waals surface area contributed by atoms with Gasteiger partial charge in [0.25, 0.3) is 0 Å². The molecule has 2 aromatic carbocycles. The number of morpholine rings is 1. The summed E-state index contributed by atoms with van der Waals surface area (Å²) in [4.78, 5) is 16.7. The molecule has 180 valence electrons. The Balaban J connectivity index is 1.52. The van der Waals surface area contributed by atoms with Crippen molar-refractivity contribution in [2.45, 2.75) is 24.0 Å². The summed E-state index contributed by atoms with van der Waals surface area (Å²) >= 11 is 1.38. The van der Waals surface area contributed by atoms with Crippen LogP contribution in [-0.2, 0) is 19.6 Å². The number of nitrogens with two attached hydrogens (primary N) is 1. The molecule has 0 radical (unpaired) electrons. The van der Waals surface area contributed by atoms with E-state index in [0.29, 0.717) is 24.7 Å². The Morgan fingerprint density at radius 3 is 2.74 bits per heavy atom. The predicted octanol–water partition coefficient (Wildman–Crippen LogP) is 2.20. The van der Waals surface area contributed by atoms with Crippen LogP contribution in [0, 0.1) is 5.41 Å². The summed E-state index contributed by atoms with van der Waals surface area (Å²) in [6.07, 6.45) is -0.368. The number of hydrogen-bond donors (Lipinski definition) is 3. The van der Waals surface area contributed by atoms with Gasteiger partial charge in [-0.05, 0) is 47.3 Å². The van der Waals surface area contributed by atoms with Gasteiger partial charge in [-0.15, -0.1) is 11.3 Å². The molecule has 1 amide bonds. The zero-order valence-corrected chi connectivity index (χ0v) is 20.3. The predicted molar refractivity (Wildman–Crippen MR) is 134 cm³/mol. The molecule has 0 aliphatic carbocycles. The molecule has 2 atom stereocenters. The monoisotopic (exact) mass is 501 g/mol. The largest absolute Gasteiger partial charge is 0.373 e. The second-order valence-electron chi connectivity index (χ2n) is 8.08. The van der Waals surface area contributed by atoms with Crippen molar-refractivity contribution in [3.8, 4) is 0 Å². The standard InChI is InChI=1S/C23H27N5O4S2/c1-16(26-34(30,31)20-9-8-17-5-2-3-6-18(17)13-20)22(29)28(21-7-4-12-33-21)15-19-14-27(23(24)25)10-11-32-19/h2-9,12-13,16,19,26H,10-11,14-15H2,1H3,(H3,24,25)/t16-,19?/m1/s1. The lowest BCUT2D eigenvalue weighted by molar-refractivity contribution is -0.120. The third-order valence-corrected chi connectivity index (χ3v) is 8.07. The van der Waals surface area contributed by atoms with Gasteiger partial charge in [-0.25, -0.2) is 8.42 Å². The van der Waals surface area contributed by atoms with E-state index >= 15 is 0 Å². The first kappa shape index (κ1) is 24.1. The number of anilines is 1. The highest BCUT2D eigenvalue weighted by Crippen LogP contribution is 2.24. The molecule has 0 spiro atoms. The van der Waals surface area contributed by atoms with E-state index in [2.05, 4.69) is 4.72 Å². The van der Waals surface area contributed by atoms with Crippen LogP contribution in [0.15, 0.2) is 64.9 Å². The number of benzene rings is 2. The average Bonchev–Trinajstić information content (AvgIpc) is 3.36. The zero-order chi connectivity index (χ0) is 24.3. The van der Waals surface area contributed by atoms with Crippen molar-refractivity contribution >= 4 is 49.0 Å². The molecular formula is C23H27N5O4S2.